The lowest BCUT2D eigenvalue weighted by Gasteiger charge is -2.02. The van der Waals surface area contributed by atoms with Gasteiger partial charge in [0.2, 0.25) is 0 Å². The van der Waals surface area contributed by atoms with Crippen LogP contribution in [-0.4, -0.2) is 16.9 Å². The van der Waals surface area contributed by atoms with Gasteiger partial charge >= 0.3 is 5.97 Å². The van der Waals surface area contributed by atoms with E-state index in [9.17, 15) is 9.59 Å². The van der Waals surface area contributed by atoms with Crippen LogP contribution in [0.5, 0.6) is 0 Å². The summed E-state index contributed by atoms with van der Waals surface area (Å²) >= 11 is 5.87. The number of fused-ring (bicyclic) bond motifs is 3. The van der Waals surface area contributed by atoms with E-state index in [0.29, 0.717) is 16.1 Å². The number of hydrogen-bond acceptors (Lipinski definition) is 2. The Bertz CT molecular complexity index is 704. The second kappa shape index (κ2) is 3.68. The number of hydrogen-bond donors (Lipinski definition) is 1. The number of aromatic carboxylic acids is 1. The molecule has 0 unspecified atom stereocenters. The first kappa shape index (κ1) is 11.0. The molecule has 0 aliphatic heterocycles. The summed E-state index contributed by atoms with van der Waals surface area (Å²) in [5, 5.41) is 9.59. The van der Waals surface area contributed by atoms with Crippen molar-refractivity contribution in [3.63, 3.8) is 0 Å². The van der Waals surface area contributed by atoms with Gasteiger partial charge in [-0.25, -0.2) is 4.79 Å². The molecule has 0 radical (unpaired) electrons. The average Bonchev–Trinajstić information content (AvgIpc) is 2.63. The Balaban J connectivity index is 2.36. The minimum absolute atomic E-state index is 0.0322. The van der Waals surface area contributed by atoms with E-state index >= 15 is 0 Å². The van der Waals surface area contributed by atoms with Crippen molar-refractivity contribution >= 4 is 23.4 Å². The molecule has 0 bridgehead atoms. The van der Waals surface area contributed by atoms with Crippen LogP contribution in [0.4, 0.5) is 0 Å². The molecule has 0 amide bonds. The summed E-state index contributed by atoms with van der Waals surface area (Å²) in [5.74, 6) is -1.38. The third kappa shape index (κ3) is 1.38. The van der Waals surface area contributed by atoms with Crippen LogP contribution < -0.4 is 0 Å². The number of carbonyl (C=O) groups is 2. The van der Waals surface area contributed by atoms with Gasteiger partial charge in [-0.15, -0.1) is 0 Å². The van der Waals surface area contributed by atoms with Crippen molar-refractivity contribution in [2.45, 2.75) is 0 Å². The van der Waals surface area contributed by atoms with Gasteiger partial charge in [0.05, 0.1) is 5.56 Å². The average molecular weight is 259 g/mol. The van der Waals surface area contributed by atoms with Crippen LogP contribution in [-0.2, 0) is 0 Å². The number of halogens is 1. The number of carboxylic acids is 1. The summed E-state index contributed by atoms with van der Waals surface area (Å²) in [5.41, 5.74) is 2.15. The topological polar surface area (TPSA) is 54.4 Å². The lowest BCUT2D eigenvalue weighted by Crippen LogP contribution is -2.06. The minimum atomic E-state index is -1.10. The van der Waals surface area contributed by atoms with Gasteiger partial charge in [-0.1, -0.05) is 29.8 Å². The molecule has 1 aliphatic carbocycles. The molecule has 88 valence electrons. The summed E-state index contributed by atoms with van der Waals surface area (Å²) in [6.45, 7) is 0. The normalized spacial score (nSPS) is 12.2. The van der Waals surface area contributed by atoms with Crippen molar-refractivity contribution in [1.29, 1.82) is 0 Å². The van der Waals surface area contributed by atoms with E-state index < -0.39 is 5.97 Å². The molecule has 0 saturated carbocycles. The number of carbonyl (C=O) groups excluding carboxylic acids is 1. The predicted octanol–water partition coefficient (Wildman–Crippen LogP) is 3.25. The first-order chi connectivity index (χ1) is 8.59. The Morgan fingerprint density at radius 2 is 1.83 bits per heavy atom. The zero-order valence-electron chi connectivity index (χ0n) is 9.11. The molecule has 0 spiro atoms. The number of rotatable bonds is 1. The molecule has 2 aromatic rings. The maximum absolute atomic E-state index is 12.2. The van der Waals surface area contributed by atoms with Gasteiger partial charge in [0.25, 0.3) is 0 Å². The van der Waals surface area contributed by atoms with Crippen molar-refractivity contribution in [2.24, 2.45) is 0 Å². The predicted molar refractivity (Wildman–Crippen MR) is 67.3 cm³/mol. The highest BCUT2D eigenvalue weighted by Gasteiger charge is 2.30. The smallest absolute Gasteiger partial charge is 0.336 e. The standard InChI is InChI=1S/C14H7ClO3/c15-7-4-5-8-9-2-1-3-10(14(17)18)12(9)13(16)11(8)6-7/h1-6H,(H,17,18). The molecule has 4 heteroatoms. The van der Waals surface area contributed by atoms with E-state index in [1.165, 1.54) is 6.07 Å². The summed E-state index contributed by atoms with van der Waals surface area (Å²) < 4.78 is 0. The highest BCUT2D eigenvalue weighted by atomic mass is 35.5. The van der Waals surface area contributed by atoms with Crippen LogP contribution in [0.15, 0.2) is 36.4 Å². The third-order valence-corrected chi connectivity index (χ3v) is 3.27. The Hall–Kier alpha value is -2.13. The highest BCUT2D eigenvalue weighted by Crippen LogP contribution is 2.39. The van der Waals surface area contributed by atoms with E-state index in [2.05, 4.69) is 0 Å². The van der Waals surface area contributed by atoms with Crippen LogP contribution in [0.2, 0.25) is 5.02 Å². The summed E-state index contributed by atoms with van der Waals surface area (Å²) in [6.07, 6.45) is 0. The zero-order valence-corrected chi connectivity index (χ0v) is 9.86. The fourth-order valence-corrected chi connectivity index (χ4v) is 2.45. The molecule has 0 saturated heterocycles. The monoisotopic (exact) mass is 258 g/mol. The Morgan fingerprint density at radius 1 is 1.06 bits per heavy atom. The van der Waals surface area contributed by atoms with Crippen molar-refractivity contribution in [1.82, 2.24) is 0 Å². The molecule has 3 rings (SSSR count). The van der Waals surface area contributed by atoms with Crippen LogP contribution >= 0.6 is 11.6 Å². The summed E-state index contributed by atoms with van der Waals surface area (Å²) in [6, 6.07) is 9.83. The van der Waals surface area contributed by atoms with Crippen molar-refractivity contribution in [3.05, 3.63) is 58.1 Å². The molecule has 1 N–H and O–H groups in total. The first-order valence-corrected chi connectivity index (χ1v) is 5.68. The molecule has 3 nitrogen and oxygen atoms in total. The van der Waals surface area contributed by atoms with Gasteiger partial charge in [-0.3, -0.25) is 4.79 Å². The summed E-state index contributed by atoms with van der Waals surface area (Å²) in [7, 11) is 0. The van der Waals surface area contributed by atoms with Gasteiger partial charge in [0, 0.05) is 16.1 Å². The molecule has 0 heterocycles. The molecular formula is C14H7ClO3. The van der Waals surface area contributed by atoms with Crippen LogP contribution in [0.1, 0.15) is 26.3 Å². The SMILES string of the molecule is O=C(O)c1cccc2c1C(=O)c1cc(Cl)ccc1-2. The fourth-order valence-electron chi connectivity index (χ4n) is 2.27. The van der Waals surface area contributed by atoms with E-state index in [4.69, 9.17) is 16.7 Å². The van der Waals surface area contributed by atoms with Crippen molar-refractivity contribution in [3.8, 4) is 11.1 Å². The van der Waals surface area contributed by atoms with E-state index in [1.807, 2.05) is 0 Å². The molecule has 1 aliphatic rings. The van der Waals surface area contributed by atoms with E-state index in [-0.39, 0.29) is 16.9 Å². The molecule has 0 atom stereocenters. The Labute approximate surface area is 108 Å². The van der Waals surface area contributed by atoms with E-state index in [1.54, 1.807) is 30.3 Å². The summed E-state index contributed by atoms with van der Waals surface area (Å²) in [4.78, 5) is 23.4. The zero-order chi connectivity index (χ0) is 12.9. The van der Waals surface area contributed by atoms with Crippen LogP contribution in [0, 0.1) is 0 Å². The lowest BCUT2D eigenvalue weighted by molar-refractivity contribution is 0.0693. The van der Waals surface area contributed by atoms with Gasteiger partial charge in [-0.2, -0.15) is 0 Å². The third-order valence-electron chi connectivity index (χ3n) is 3.04. The maximum atomic E-state index is 12.2. The van der Waals surface area contributed by atoms with Gasteiger partial charge in [-0.05, 0) is 29.3 Å². The minimum Gasteiger partial charge on any atom is -0.478 e. The number of carboxylic acid groups (broad SMARTS) is 1. The molecule has 0 aromatic heterocycles. The van der Waals surface area contributed by atoms with Crippen molar-refractivity contribution < 1.29 is 14.7 Å². The molecule has 18 heavy (non-hydrogen) atoms. The molecule has 0 fully saturated rings. The number of benzene rings is 2. The Morgan fingerprint density at radius 3 is 2.56 bits per heavy atom. The fraction of sp³-hybridized carbons (Fsp3) is 0. The Kier molecular flexibility index (Phi) is 2.25. The second-order valence-corrected chi connectivity index (χ2v) is 4.49. The first-order valence-electron chi connectivity index (χ1n) is 5.30. The van der Waals surface area contributed by atoms with Crippen LogP contribution in [0.3, 0.4) is 0 Å². The van der Waals surface area contributed by atoms with E-state index in [0.717, 1.165) is 5.56 Å². The lowest BCUT2D eigenvalue weighted by atomic mass is 10.0. The molecular weight excluding hydrogens is 252 g/mol. The molecule has 2 aromatic carbocycles. The van der Waals surface area contributed by atoms with Gasteiger partial charge < -0.3 is 5.11 Å². The second-order valence-electron chi connectivity index (χ2n) is 4.05. The van der Waals surface area contributed by atoms with Gasteiger partial charge in [0.1, 0.15) is 0 Å². The quantitative estimate of drug-likeness (QED) is 0.729. The van der Waals surface area contributed by atoms with Crippen molar-refractivity contribution in [2.75, 3.05) is 0 Å². The maximum Gasteiger partial charge on any atom is 0.336 e. The van der Waals surface area contributed by atoms with Crippen LogP contribution in [0.25, 0.3) is 11.1 Å². The number of ketones is 1. The highest BCUT2D eigenvalue weighted by molar-refractivity contribution is 6.32. The largest absolute Gasteiger partial charge is 0.478 e. The van der Waals surface area contributed by atoms with Gasteiger partial charge in [0.15, 0.2) is 5.78 Å².